The molecule has 1 N–H and O–H groups in total. The Morgan fingerprint density at radius 3 is 2.64 bits per heavy atom. The van der Waals surface area contributed by atoms with Gasteiger partial charge >= 0.3 is 12.1 Å². The van der Waals surface area contributed by atoms with Crippen LogP contribution in [0.2, 0.25) is 0 Å². The molecule has 0 fully saturated rings. The van der Waals surface area contributed by atoms with Crippen LogP contribution in [-0.2, 0) is 10.9 Å². The van der Waals surface area contributed by atoms with Gasteiger partial charge in [0.25, 0.3) is 0 Å². The zero-order valence-electron chi connectivity index (χ0n) is 13.1. The van der Waals surface area contributed by atoms with Crippen LogP contribution in [0.25, 0.3) is 10.9 Å². The third-order valence-corrected chi connectivity index (χ3v) is 3.63. The number of hydrogen-bond donors (Lipinski definition) is 1. The Kier molecular flexibility index (Phi) is 4.31. The summed E-state index contributed by atoms with van der Waals surface area (Å²) < 4.78 is 43.2. The van der Waals surface area contributed by atoms with E-state index in [0.29, 0.717) is 22.3 Å². The quantitative estimate of drug-likeness (QED) is 0.693. The lowest BCUT2D eigenvalue weighted by molar-refractivity contribution is -0.137. The first-order valence-electron chi connectivity index (χ1n) is 7.30. The number of nitrogens with one attached hydrogen (secondary N) is 1. The highest BCUT2D eigenvalue weighted by Gasteiger charge is 2.30. The summed E-state index contributed by atoms with van der Waals surface area (Å²) in [4.78, 5) is 15.6. The number of benzene rings is 2. The molecule has 0 aliphatic rings. The molecule has 0 saturated carbocycles. The molecule has 0 radical (unpaired) electrons. The van der Waals surface area contributed by atoms with Gasteiger partial charge in [0.2, 0.25) is 0 Å². The number of hydrogen-bond acceptors (Lipinski definition) is 4. The molecule has 0 aliphatic heterocycles. The van der Waals surface area contributed by atoms with E-state index in [9.17, 15) is 18.0 Å². The maximum Gasteiger partial charge on any atom is 0.416 e. The largest absolute Gasteiger partial charge is 0.465 e. The summed E-state index contributed by atoms with van der Waals surface area (Å²) in [5, 5.41) is 3.64. The van der Waals surface area contributed by atoms with Crippen LogP contribution in [0, 0.1) is 0 Å². The number of esters is 1. The molecule has 1 heterocycles. The molecule has 0 atom stereocenters. The lowest BCUT2D eigenvalue weighted by atomic mass is 10.1. The first-order valence-corrected chi connectivity index (χ1v) is 7.30. The van der Waals surface area contributed by atoms with Crippen molar-refractivity contribution in [3.05, 3.63) is 65.9 Å². The van der Waals surface area contributed by atoms with Gasteiger partial charge in [0.15, 0.2) is 0 Å². The van der Waals surface area contributed by atoms with Gasteiger partial charge in [-0.2, -0.15) is 13.2 Å². The van der Waals surface area contributed by atoms with Crippen LogP contribution in [0.5, 0.6) is 0 Å². The average Bonchev–Trinajstić information content (AvgIpc) is 2.60. The van der Waals surface area contributed by atoms with E-state index in [4.69, 9.17) is 0 Å². The van der Waals surface area contributed by atoms with E-state index in [1.807, 2.05) is 0 Å². The monoisotopic (exact) mass is 346 g/mol. The number of rotatable bonds is 3. The first-order chi connectivity index (χ1) is 11.9. The van der Waals surface area contributed by atoms with E-state index in [1.54, 1.807) is 30.3 Å². The maximum absolute atomic E-state index is 12.8. The van der Waals surface area contributed by atoms with Gasteiger partial charge < -0.3 is 10.1 Å². The van der Waals surface area contributed by atoms with Gasteiger partial charge in [0, 0.05) is 23.0 Å². The lowest BCUT2D eigenvalue weighted by Crippen LogP contribution is -2.05. The number of pyridine rings is 1. The van der Waals surface area contributed by atoms with Gasteiger partial charge in [-0.05, 0) is 36.4 Å². The SMILES string of the molecule is COC(=O)c1cccc(Nc2ccnc3cc(C(F)(F)F)ccc23)c1. The summed E-state index contributed by atoms with van der Waals surface area (Å²) in [5.41, 5.74) is 1.03. The number of carbonyl (C=O) groups is 1. The number of anilines is 2. The third kappa shape index (κ3) is 3.55. The van der Waals surface area contributed by atoms with Crippen LogP contribution in [0.1, 0.15) is 15.9 Å². The fourth-order valence-corrected chi connectivity index (χ4v) is 2.43. The number of fused-ring (bicyclic) bond motifs is 1. The number of methoxy groups -OCH3 is 1. The van der Waals surface area contributed by atoms with Crippen LogP contribution in [-0.4, -0.2) is 18.1 Å². The molecule has 3 rings (SSSR count). The molecule has 128 valence electrons. The predicted octanol–water partition coefficient (Wildman–Crippen LogP) is 4.78. The fraction of sp³-hybridized carbons (Fsp3) is 0.111. The summed E-state index contributed by atoms with van der Waals surface area (Å²) in [6, 6.07) is 11.7. The zero-order chi connectivity index (χ0) is 18.0. The average molecular weight is 346 g/mol. The molecule has 0 bridgehead atoms. The molecule has 25 heavy (non-hydrogen) atoms. The molecule has 4 nitrogen and oxygen atoms in total. The molecular weight excluding hydrogens is 333 g/mol. The molecule has 0 amide bonds. The Bertz CT molecular complexity index is 939. The van der Waals surface area contributed by atoms with Gasteiger partial charge in [0.05, 0.1) is 23.8 Å². The number of nitrogens with zero attached hydrogens (tertiary/aromatic N) is 1. The van der Waals surface area contributed by atoms with E-state index >= 15 is 0 Å². The fourth-order valence-electron chi connectivity index (χ4n) is 2.43. The molecule has 0 saturated heterocycles. The number of carbonyl (C=O) groups excluding carboxylic acids is 1. The zero-order valence-corrected chi connectivity index (χ0v) is 13.1. The highest BCUT2D eigenvalue weighted by atomic mass is 19.4. The van der Waals surface area contributed by atoms with Gasteiger partial charge in [0.1, 0.15) is 0 Å². The normalized spacial score (nSPS) is 11.4. The first kappa shape index (κ1) is 16.8. The summed E-state index contributed by atoms with van der Waals surface area (Å²) >= 11 is 0. The van der Waals surface area contributed by atoms with Crippen molar-refractivity contribution in [3.8, 4) is 0 Å². The van der Waals surface area contributed by atoms with Gasteiger partial charge in [-0.3, -0.25) is 4.98 Å². The molecule has 0 unspecified atom stereocenters. The number of alkyl halides is 3. The molecule has 7 heteroatoms. The Morgan fingerprint density at radius 2 is 1.92 bits per heavy atom. The number of halogens is 3. The van der Waals surface area contributed by atoms with Gasteiger partial charge in [-0.25, -0.2) is 4.79 Å². The maximum atomic E-state index is 12.8. The summed E-state index contributed by atoms with van der Waals surface area (Å²) in [6.45, 7) is 0. The molecule has 1 aromatic heterocycles. The van der Waals surface area contributed by atoms with E-state index in [2.05, 4.69) is 15.0 Å². The third-order valence-electron chi connectivity index (χ3n) is 3.63. The molecule has 3 aromatic rings. The lowest BCUT2D eigenvalue weighted by Gasteiger charge is -2.12. The van der Waals surface area contributed by atoms with Crippen LogP contribution in [0.3, 0.4) is 0 Å². The van der Waals surface area contributed by atoms with Crippen molar-refractivity contribution in [1.82, 2.24) is 4.98 Å². The molecule has 0 spiro atoms. The summed E-state index contributed by atoms with van der Waals surface area (Å²) in [5.74, 6) is -0.474. The Balaban J connectivity index is 1.98. The van der Waals surface area contributed by atoms with Crippen molar-refractivity contribution in [2.24, 2.45) is 0 Å². The van der Waals surface area contributed by atoms with Crippen LogP contribution >= 0.6 is 0 Å². The highest BCUT2D eigenvalue weighted by molar-refractivity contribution is 5.94. The standard InChI is InChI=1S/C18H13F3N2O2/c1-25-17(24)11-3-2-4-13(9-11)23-15-7-8-22-16-10-12(18(19,20)21)5-6-14(15)16/h2-10H,1H3,(H,22,23). The minimum Gasteiger partial charge on any atom is -0.465 e. The second kappa shape index (κ2) is 6.43. The van der Waals surface area contributed by atoms with Crippen LogP contribution < -0.4 is 5.32 Å². The number of aromatic nitrogens is 1. The Labute approximate surface area is 141 Å². The van der Waals surface area contributed by atoms with Crippen molar-refractivity contribution in [2.45, 2.75) is 6.18 Å². The minimum atomic E-state index is -4.42. The van der Waals surface area contributed by atoms with Gasteiger partial charge in [-0.1, -0.05) is 12.1 Å². The minimum absolute atomic E-state index is 0.226. The smallest absolute Gasteiger partial charge is 0.416 e. The Morgan fingerprint density at radius 1 is 1.12 bits per heavy atom. The summed E-state index contributed by atoms with van der Waals surface area (Å²) in [7, 11) is 1.29. The van der Waals surface area contributed by atoms with Crippen molar-refractivity contribution < 1.29 is 22.7 Å². The van der Waals surface area contributed by atoms with Crippen LogP contribution in [0.4, 0.5) is 24.5 Å². The molecule has 2 aromatic carbocycles. The predicted molar refractivity (Wildman–Crippen MR) is 87.8 cm³/mol. The Hall–Kier alpha value is -3.09. The second-order valence-electron chi connectivity index (χ2n) is 5.29. The van der Waals surface area contributed by atoms with Gasteiger partial charge in [-0.15, -0.1) is 0 Å². The molecule has 0 aliphatic carbocycles. The van der Waals surface area contributed by atoms with Crippen molar-refractivity contribution in [3.63, 3.8) is 0 Å². The summed E-state index contributed by atoms with van der Waals surface area (Å²) in [6.07, 6.45) is -3.00. The number of ether oxygens (including phenoxy) is 1. The molecular formula is C18H13F3N2O2. The van der Waals surface area contributed by atoms with E-state index < -0.39 is 17.7 Å². The van der Waals surface area contributed by atoms with Crippen molar-refractivity contribution in [2.75, 3.05) is 12.4 Å². The van der Waals surface area contributed by atoms with E-state index in [1.165, 1.54) is 19.4 Å². The van der Waals surface area contributed by atoms with Crippen molar-refractivity contribution in [1.29, 1.82) is 0 Å². The van der Waals surface area contributed by atoms with Crippen LogP contribution in [0.15, 0.2) is 54.7 Å². The van der Waals surface area contributed by atoms with Crippen molar-refractivity contribution >= 4 is 28.2 Å². The van der Waals surface area contributed by atoms with E-state index in [0.717, 1.165) is 12.1 Å². The highest BCUT2D eigenvalue weighted by Crippen LogP contribution is 2.33. The topological polar surface area (TPSA) is 51.2 Å². The second-order valence-corrected chi connectivity index (χ2v) is 5.29. The van der Waals surface area contributed by atoms with E-state index in [-0.39, 0.29) is 5.52 Å².